The van der Waals surface area contributed by atoms with Gasteiger partial charge in [0.2, 0.25) is 0 Å². The van der Waals surface area contributed by atoms with Crippen molar-refractivity contribution in [3.63, 3.8) is 0 Å². The summed E-state index contributed by atoms with van der Waals surface area (Å²) in [6.45, 7) is 2.19. The van der Waals surface area contributed by atoms with Gasteiger partial charge in [0.15, 0.2) is 0 Å². The Hall–Kier alpha value is -2.59. The number of hydrogen-bond acceptors (Lipinski definition) is 3. The first-order valence-electron chi connectivity index (χ1n) is 7.88. The Kier molecular flexibility index (Phi) is 2.78. The zero-order valence-corrected chi connectivity index (χ0v) is 12.7. The lowest BCUT2D eigenvalue weighted by Gasteiger charge is -2.10. The fraction of sp³-hybridized carbons (Fsp3) is 0.211. The minimum atomic E-state index is 0.698. The van der Waals surface area contributed by atoms with E-state index in [0.29, 0.717) is 6.61 Å². The predicted octanol–water partition coefficient (Wildman–Crippen LogP) is 3.50. The van der Waals surface area contributed by atoms with Gasteiger partial charge in [0.25, 0.3) is 0 Å². The van der Waals surface area contributed by atoms with Crippen LogP contribution in [0.4, 0.5) is 0 Å². The average Bonchev–Trinajstić information content (AvgIpc) is 3.32. The molecule has 23 heavy (non-hydrogen) atoms. The molecule has 0 aliphatic carbocycles. The van der Waals surface area contributed by atoms with E-state index in [1.54, 1.807) is 0 Å². The molecule has 5 rings (SSSR count). The van der Waals surface area contributed by atoms with Crippen molar-refractivity contribution in [2.75, 3.05) is 6.61 Å². The highest BCUT2D eigenvalue weighted by Gasteiger charge is 2.16. The largest absolute Gasteiger partial charge is 0.493 e. The van der Waals surface area contributed by atoms with Crippen LogP contribution in [0.2, 0.25) is 0 Å². The molecule has 3 heterocycles. The van der Waals surface area contributed by atoms with Crippen LogP contribution in [0, 0.1) is 0 Å². The molecule has 0 unspecified atom stereocenters. The molecule has 2 aliphatic heterocycles. The molecule has 0 saturated carbocycles. The van der Waals surface area contributed by atoms with E-state index in [1.807, 2.05) is 18.5 Å². The number of imidazole rings is 1. The second-order valence-electron chi connectivity index (χ2n) is 5.99. The molecule has 0 spiro atoms. The standard InChI is InChI=1S/C19H16N2O2/c1-3-17(10-16-12-22-11-15(1)16)21-7-6-20-19(21)14-2-4-18-13(9-14)5-8-23-18/h1-4,6-7,9-10H,5,8,11-12H2. The normalized spacial score (nSPS) is 15.3. The number of ether oxygens (including phenoxy) is 2. The third-order valence-electron chi connectivity index (χ3n) is 4.57. The topological polar surface area (TPSA) is 36.3 Å². The van der Waals surface area contributed by atoms with Gasteiger partial charge >= 0.3 is 0 Å². The first-order valence-corrected chi connectivity index (χ1v) is 7.88. The van der Waals surface area contributed by atoms with Crippen molar-refractivity contribution in [2.24, 2.45) is 0 Å². The fourth-order valence-electron chi connectivity index (χ4n) is 3.36. The summed E-state index contributed by atoms with van der Waals surface area (Å²) in [6.07, 6.45) is 4.83. The second-order valence-corrected chi connectivity index (χ2v) is 5.99. The summed E-state index contributed by atoms with van der Waals surface area (Å²) >= 11 is 0. The number of rotatable bonds is 2. The number of benzene rings is 2. The molecule has 2 aromatic carbocycles. The number of aromatic nitrogens is 2. The van der Waals surface area contributed by atoms with E-state index in [2.05, 4.69) is 39.9 Å². The van der Waals surface area contributed by atoms with E-state index >= 15 is 0 Å². The molecular formula is C19H16N2O2. The molecule has 1 aromatic heterocycles. The first-order chi connectivity index (χ1) is 11.4. The quantitative estimate of drug-likeness (QED) is 0.727. The summed E-state index contributed by atoms with van der Waals surface area (Å²) in [7, 11) is 0. The molecule has 0 fully saturated rings. The Morgan fingerprint density at radius 2 is 1.91 bits per heavy atom. The van der Waals surface area contributed by atoms with Crippen molar-refractivity contribution in [1.82, 2.24) is 9.55 Å². The molecular weight excluding hydrogens is 288 g/mol. The van der Waals surface area contributed by atoms with Gasteiger partial charge in [0.05, 0.1) is 19.8 Å². The van der Waals surface area contributed by atoms with Crippen LogP contribution in [0.5, 0.6) is 5.75 Å². The zero-order chi connectivity index (χ0) is 15.2. The number of fused-ring (bicyclic) bond motifs is 2. The molecule has 114 valence electrons. The van der Waals surface area contributed by atoms with Crippen LogP contribution in [0.25, 0.3) is 17.1 Å². The van der Waals surface area contributed by atoms with Crippen LogP contribution in [0.15, 0.2) is 48.8 Å². The molecule has 0 radical (unpaired) electrons. The lowest BCUT2D eigenvalue weighted by Crippen LogP contribution is -1.98. The third kappa shape index (κ3) is 2.06. The van der Waals surface area contributed by atoms with Crippen LogP contribution in [-0.4, -0.2) is 16.2 Å². The lowest BCUT2D eigenvalue weighted by atomic mass is 10.1. The van der Waals surface area contributed by atoms with E-state index in [1.165, 1.54) is 16.7 Å². The minimum absolute atomic E-state index is 0.698. The summed E-state index contributed by atoms with van der Waals surface area (Å²) in [4.78, 5) is 4.57. The van der Waals surface area contributed by atoms with Crippen molar-refractivity contribution < 1.29 is 9.47 Å². The summed E-state index contributed by atoms with van der Waals surface area (Å²) in [5.74, 6) is 1.96. The van der Waals surface area contributed by atoms with Gasteiger partial charge in [-0.1, -0.05) is 6.07 Å². The van der Waals surface area contributed by atoms with Gasteiger partial charge in [-0.25, -0.2) is 4.98 Å². The highest BCUT2D eigenvalue weighted by Crippen LogP contribution is 2.31. The first kappa shape index (κ1) is 12.9. The Bertz CT molecular complexity index is 826. The minimum Gasteiger partial charge on any atom is -0.493 e. The van der Waals surface area contributed by atoms with Gasteiger partial charge in [-0.3, -0.25) is 4.57 Å². The van der Waals surface area contributed by atoms with Gasteiger partial charge in [0, 0.05) is 30.1 Å². The van der Waals surface area contributed by atoms with Crippen molar-refractivity contribution in [3.05, 3.63) is 65.5 Å². The maximum absolute atomic E-state index is 5.59. The molecule has 4 nitrogen and oxygen atoms in total. The van der Waals surface area contributed by atoms with Crippen LogP contribution < -0.4 is 4.74 Å². The lowest BCUT2D eigenvalue weighted by molar-refractivity contribution is 0.134. The molecule has 2 aliphatic rings. The maximum Gasteiger partial charge on any atom is 0.144 e. The van der Waals surface area contributed by atoms with Crippen LogP contribution in [0.3, 0.4) is 0 Å². The smallest absolute Gasteiger partial charge is 0.144 e. The van der Waals surface area contributed by atoms with Gasteiger partial charge in [0.1, 0.15) is 11.6 Å². The highest BCUT2D eigenvalue weighted by atomic mass is 16.5. The van der Waals surface area contributed by atoms with Crippen molar-refractivity contribution in [1.29, 1.82) is 0 Å². The van der Waals surface area contributed by atoms with E-state index in [-0.39, 0.29) is 0 Å². The molecule has 4 heteroatoms. The number of hydrogen-bond donors (Lipinski definition) is 0. The van der Waals surface area contributed by atoms with Crippen molar-refractivity contribution in [3.8, 4) is 22.8 Å². The molecule has 0 amide bonds. The Morgan fingerprint density at radius 3 is 2.91 bits per heavy atom. The van der Waals surface area contributed by atoms with E-state index in [4.69, 9.17) is 9.47 Å². The predicted molar refractivity (Wildman–Crippen MR) is 86.7 cm³/mol. The Labute approximate surface area is 134 Å². The number of nitrogens with zero attached hydrogens (tertiary/aromatic N) is 2. The highest BCUT2D eigenvalue weighted by molar-refractivity contribution is 5.62. The SMILES string of the molecule is c1cn(-c2ccc3c(c2)COC3)c(-c2ccc3c(c2)CCO3)n1. The molecule has 0 bridgehead atoms. The van der Waals surface area contributed by atoms with Crippen molar-refractivity contribution in [2.45, 2.75) is 19.6 Å². The average molecular weight is 304 g/mol. The third-order valence-corrected chi connectivity index (χ3v) is 4.57. The van der Waals surface area contributed by atoms with Crippen molar-refractivity contribution >= 4 is 0 Å². The Balaban J connectivity index is 1.60. The van der Waals surface area contributed by atoms with Gasteiger partial charge in [-0.2, -0.15) is 0 Å². The van der Waals surface area contributed by atoms with Gasteiger partial charge in [-0.05, 0) is 47.0 Å². The van der Waals surface area contributed by atoms with Crippen LogP contribution in [-0.2, 0) is 24.4 Å². The second kappa shape index (κ2) is 4.96. The van der Waals surface area contributed by atoms with E-state index in [0.717, 1.165) is 42.5 Å². The molecule has 0 N–H and O–H groups in total. The fourth-order valence-corrected chi connectivity index (χ4v) is 3.36. The summed E-state index contributed by atoms with van der Waals surface area (Å²) < 4.78 is 13.2. The Morgan fingerprint density at radius 1 is 0.957 bits per heavy atom. The summed E-state index contributed by atoms with van der Waals surface area (Å²) in [5, 5.41) is 0. The monoisotopic (exact) mass is 304 g/mol. The molecule has 0 atom stereocenters. The van der Waals surface area contributed by atoms with E-state index < -0.39 is 0 Å². The van der Waals surface area contributed by atoms with Gasteiger partial charge in [-0.15, -0.1) is 0 Å². The van der Waals surface area contributed by atoms with Crippen LogP contribution >= 0.6 is 0 Å². The van der Waals surface area contributed by atoms with E-state index in [9.17, 15) is 0 Å². The molecule has 0 saturated heterocycles. The van der Waals surface area contributed by atoms with Crippen LogP contribution in [0.1, 0.15) is 16.7 Å². The molecule has 3 aromatic rings. The zero-order valence-electron chi connectivity index (χ0n) is 12.7. The summed E-state index contributed by atoms with van der Waals surface area (Å²) in [5.41, 5.74) is 6.06. The summed E-state index contributed by atoms with van der Waals surface area (Å²) in [6, 6.07) is 12.8. The maximum atomic E-state index is 5.59. The van der Waals surface area contributed by atoms with Gasteiger partial charge < -0.3 is 9.47 Å².